The summed E-state index contributed by atoms with van der Waals surface area (Å²) in [6.45, 7) is 3.31. The van der Waals surface area contributed by atoms with Gasteiger partial charge in [-0.1, -0.05) is 0 Å². The lowest BCUT2D eigenvalue weighted by atomic mass is 10.2. The predicted molar refractivity (Wildman–Crippen MR) is 43.7 cm³/mol. The highest BCUT2D eigenvalue weighted by Gasteiger charge is 2.37. The molecule has 1 heterocycles. The zero-order valence-corrected chi connectivity index (χ0v) is 7.85. The van der Waals surface area contributed by atoms with Gasteiger partial charge in [-0.25, -0.2) is 4.98 Å². The van der Waals surface area contributed by atoms with Gasteiger partial charge in [0, 0.05) is 6.42 Å². The topological polar surface area (TPSA) is 52.0 Å². The van der Waals surface area contributed by atoms with Crippen LogP contribution in [0.5, 0.6) is 0 Å². The number of aromatic nitrogens is 1. The van der Waals surface area contributed by atoms with Crippen LogP contribution in [0.25, 0.3) is 0 Å². The van der Waals surface area contributed by atoms with Gasteiger partial charge >= 0.3 is 6.18 Å². The molecule has 1 aromatic rings. The Hall–Kier alpha value is -1.04. The number of rotatable bonds is 2. The summed E-state index contributed by atoms with van der Waals surface area (Å²) in [6, 6.07) is -1.92. The van der Waals surface area contributed by atoms with Gasteiger partial charge < -0.3 is 10.2 Å². The van der Waals surface area contributed by atoms with Gasteiger partial charge in [-0.2, -0.15) is 13.2 Å². The molecule has 0 aliphatic heterocycles. The first kappa shape index (κ1) is 11.0. The minimum absolute atomic E-state index is 0.0322. The maximum absolute atomic E-state index is 12.0. The van der Waals surface area contributed by atoms with Crippen molar-refractivity contribution in [2.75, 3.05) is 0 Å². The highest BCUT2D eigenvalue weighted by molar-refractivity contribution is 5.06. The molecular formula is C8H11F3N2O. The van der Waals surface area contributed by atoms with E-state index in [9.17, 15) is 13.2 Å². The number of halogens is 3. The fraction of sp³-hybridized carbons (Fsp3) is 0.625. The van der Waals surface area contributed by atoms with Crippen LogP contribution in [0.4, 0.5) is 13.2 Å². The van der Waals surface area contributed by atoms with Gasteiger partial charge in [0.25, 0.3) is 0 Å². The van der Waals surface area contributed by atoms with Crippen LogP contribution in [0.1, 0.15) is 17.3 Å². The summed E-state index contributed by atoms with van der Waals surface area (Å²) in [5.74, 6) is 0.555. The van der Waals surface area contributed by atoms with E-state index in [1.54, 1.807) is 13.8 Å². The molecule has 0 saturated heterocycles. The van der Waals surface area contributed by atoms with Crippen LogP contribution in [0.2, 0.25) is 0 Å². The van der Waals surface area contributed by atoms with Crippen LogP contribution >= 0.6 is 0 Å². The Morgan fingerprint density at radius 3 is 2.36 bits per heavy atom. The number of nitrogens with zero attached hydrogens (tertiary/aromatic N) is 1. The van der Waals surface area contributed by atoms with Crippen molar-refractivity contribution >= 4 is 0 Å². The SMILES string of the molecule is Cc1nc(CC(N)C(F)(F)F)oc1C. The average Bonchev–Trinajstić information content (AvgIpc) is 2.29. The van der Waals surface area contributed by atoms with Gasteiger partial charge in [-0.3, -0.25) is 0 Å². The van der Waals surface area contributed by atoms with E-state index in [4.69, 9.17) is 10.2 Å². The Bertz CT molecular complexity index is 299. The summed E-state index contributed by atoms with van der Waals surface area (Å²) < 4.78 is 41.1. The molecule has 3 nitrogen and oxygen atoms in total. The Balaban J connectivity index is 2.70. The highest BCUT2D eigenvalue weighted by atomic mass is 19.4. The van der Waals surface area contributed by atoms with Crippen molar-refractivity contribution in [2.24, 2.45) is 5.73 Å². The molecule has 0 aliphatic carbocycles. The Morgan fingerprint density at radius 2 is 2.00 bits per heavy atom. The number of hydrogen-bond acceptors (Lipinski definition) is 3. The second-order valence-corrected chi connectivity index (χ2v) is 3.10. The van der Waals surface area contributed by atoms with Crippen LogP contribution in [0.3, 0.4) is 0 Å². The van der Waals surface area contributed by atoms with Gasteiger partial charge in [0.15, 0.2) is 5.89 Å². The van der Waals surface area contributed by atoms with E-state index < -0.39 is 18.6 Å². The first-order valence-corrected chi connectivity index (χ1v) is 4.06. The van der Waals surface area contributed by atoms with E-state index in [0.717, 1.165) is 0 Å². The van der Waals surface area contributed by atoms with Crippen molar-refractivity contribution in [3.63, 3.8) is 0 Å². The molecule has 14 heavy (non-hydrogen) atoms. The maximum Gasteiger partial charge on any atom is 0.404 e. The molecular weight excluding hydrogens is 197 g/mol. The number of hydrogen-bond donors (Lipinski definition) is 1. The summed E-state index contributed by atoms with van der Waals surface area (Å²) in [7, 11) is 0. The fourth-order valence-corrected chi connectivity index (χ4v) is 0.930. The van der Waals surface area contributed by atoms with Gasteiger partial charge in [0.2, 0.25) is 0 Å². The van der Waals surface area contributed by atoms with Gasteiger partial charge in [-0.05, 0) is 13.8 Å². The van der Waals surface area contributed by atoms with E-state index in [1.165, 1.54) is 0 Å². The minimum Gasteiger partial charge on any atom is -0.446 e. The normalized spacial score (nSPS) is 14.4. The van der Waals surface area contributed by atoms with Crippen molar-refractivity contribution < 1.29 is 17.6 Å². The zero-order valence-electron chi connectivity index (χ0n) is 7.85. The first-order valence-electron chi connectivity index (χ1n) is 4.06. The number of alkyl halides is 3. The Morgan fingerprint density at radius 1 is 1.43 bits per heavy atom. The van der Waals surface area contributed by atoms with Crippen molar-refractivity contribution in [3.05, 3.63) is 17.3 Å². The molecule has 0 radical (unpaired) electrons. The third-order valence-corrected chi connectivity index (χ3v) is 1.89. The maximum atomic E-state index is 12.0. The van der Waals surface area contributed by atoms with Crippen molar-refractivity contribution in [1.82, 2.24) is 4.98 Å². The molecule has 1 rings (SSSR count). The van der Waals surface area contributed by atoms with Crippen LogP contribution < -0.4 is 5.73 Å². The molecule has 2 N–H and O–H groups in total. The average molecular weight is 208 g/mol. The fourth-order valence-electron chi connectivity index (χ4n) is 0.930. The molecule has 0 spiro atoms. The number of nitrogens with two attached hydrogens (primary N) is 1. The molecule has 0 amide bonds. The molecule has 1 atom stereocenters. The lowest BCUT2D eigenvalue weighted by molar-refractivity contribution is -0.148. The van der Waals surface area contributed by atoms with Gasteiger partial charge in [0.05, 0.1) is 5.69 Å². The molecule has 6 heteroatoms. The summed E-state index contributed by atoms with van der Waals surface area (Å²) >= 11 is 0. The number of oxazole rings is 1. The molecule has 0 fully saturated rings. The highest BCUT2D eigenvalue weighted by Crippen LogP contribution is 2.21. The van der Waals surface area contributed by atoms with Crippen LogP contribution in [0.15, 0.2) is 4.42 Å². The molecule has 0 aromatic carbocycles. The lowest BCUT2D eigenvalue weighted by Crippen LogP contribution is -2.39. The van der Waals surface area contributed by atoms with E-state index in [1.807, 2.05) is 0 Å². The zero-order chi connectivity index (χ0) is 10.9. The quantitative estimate of drug-likeness (QED) is 0.805. The van der Waals surface area contributed by atoms with Crippen LogP contribution in [-0.4, -0.2) is 17.2 Å². The summed E-state index contributed by atoms with van der Waals surface area (Å²) in [5.41, 5.74) is 5.51. The van der Waals surface area contributed by atoms with Gasteiger partial charge in [-0.15, -0.1) is 0 Å². The Labute approximate surface area is 79.1 Å². The largest absolute Gasteiger partial charge is 0.446 e. The van der Waals surface area contributed by atoms with E-state index in [-0.39, 0.29) is 5.89 Å². The molecule has 1 aromatic heterocycles. The smallest absolute Gasteiger partial charge is 0.404 e. The Kier molecular flexibility index (Phi) is 2.84. The molecule has 80 valence electrons. The molecule has 0 bridgehead atoms. The van der Waals surface area contributed by atoms with E-state index in [0.29, 0.717) is 11.5 Å². The molecule has 1 unspecified atom stereocenters. The summed E-state index contributed by atoms with van der Waals surface area (Å²) in [6.07, 6.45) is -4.82. The first-order chi connectivity index (χ1) is 6.30. The van der Waals surface area contributed by atoms with Crippen LogP contribution in [0, 0.1) is 13.8 Å². The van der Waals surface area contributed by atoms with Crippen LogP contribution in [-0.2, 0) is 6.42 Å². The lowest BCUT2D eigenvalue weighted by Gasteiger charge is -2.12. The van der Waals surface area contributed by atoms with Crippen molar-refractivity contribution in [1.29, 1.82) is 0 Å². The monoisotopic (exact) mass is 208 g/mol. The minimum atomic E-state index is -4.41. The predicted octanol–water partition coefficient (Wildman–Crippen LogP) is 1.72. The third kappa shape index (κ3) is 2.47. The van der Waals surface area contributed by atoms with Crippen molar-refractivity contribution in [2.45, 2.75) is 32.5 Å². The standard InChI is InChI=1S/C8H11F3N2O/c1-4-5(2)14-7(13-4)3-6(12)8(9,10)11/h6H,3,12H2,1-2H3. The second kappa shape index (κ2) is 3.61. The summed E-state index contributed by atoms with van der Waals surface area (Å²) in [4.78, 5) is 3.82. The summed E-state index contributed by atoms with van der Waals surface area (Å²) in [5, 5.41) is 0. The third-order valence-electron chi connectivity index (χ3n) is 1.89. The van der Waals surface area contributed by atoms with Gasteiger partial charge in [0.1, 0.15) is 11.8 Å². The second-order valence-electron chi connectivity index (χ2n) is 3.10. The molecule has 0 aliphatic rings. The van der Waals surface area contributed by atoms with E-state index >= 15 is 0 Å². The molecule has 0 saturated carbocycles. The van der Waals surface area contributed by atoms with Crippen molar-refractivity contribution in [3.8, 4) is 0 Å². The van der Waals surface area contributed by atoms with E-state index in [2.05, 4.69) is 4.98 Å². The number of aryl methyl sites for hydroxylation is 2.